The van der Waals surface area contributed by atoms with Crippen molar-refractivity contribution in [2.75, 3.05) is 13.7 Å². The molecule has 3 N–H and O–H groups in total. The lowest BCUT2D eigenvalue weighted by molar-refractivity contribution is 0.0746. The summed E-state index contributed by atoms with van der Waals surface area (Å²) in [4.78, 5) is 18.8. The molecule has 1 aliphatic rings. The van der Waals surface area contributed by atoms with Gasteiger partial charge in [-0.2, -0.15) is 5.10 Å². The summed E-state index contributed by atoms with van der Waals surface area (Å²) >= 11 is 0. The largest absolute Gasteiger partial charge is 0.508 e. The van der Waals surface area contributed by atoms with Crippen LogP contribution in [0.1, 0.15) is 33.2 Å². The maximum absolute atomic E-state index is 13.6. The molecule has 0 spiro atoms. The van der Waals surface area contributed by atoms with Crippen molar-refractivity contribution in [1.82, 2.24) is 20.1 Å². The Morgan fingerprint density at radius 3 is 2.63 bits per heavy atom. The molecule has 1 amide bonds. The molecule has 1 unspecified atom stereocenters. The Hall–Kier alpha value is -4.52. The number of aromatic amines is 2. The maximum atomic E-state index is 13.6. The second-order valence-corrected chi connectivity index (χ2v) is 8.69. The maximum Gasteiger partial charge on any atom is 0.273 e. The minimum Gasteiger partial charge on any atom is -0.508 e. The number of nitrogens with one attached hydrogen (secondary N) is 2. The Bertz CT molecular complexity index is 1520. The van der Waals surface area contributed by atoms with Gasteiger partial charge in [0, 0.05) is 34.8 Å². The van der Waals surface area contributed by atoms with E-state index in [1.165, 1.54) is 0 Å². The summed E-state index contributed by atoms with van der Waals surface area (Å²) in [5.74, 6) is 0.907. The molecule has 174 valence electrons. The molecule has 2 aromatic heterocycles. The zero-order valence-corrected chi connectivity index (χ0v) is 19.2. The van der Waals surface area contributed by atoms with E-state index in [0.29, 0.717) is 18.7 Å². The highest BCUT2D eigenvalue weighted by molar-refractivity contribution is 6.00. The Balaban J connectivity index is 1.39. The highest BCUT2D eigenvalue weighted by atomic mass is 16.5. The molecule has 0 aliphatic carbocycles. The van der Waals surface area contributed by atoms with Crippen LogP contribution in [0.5, 0.6) is 11.5 Å². The van der Waals surface area contributed by atoms with Gasteiger partial charge in [0.2, 0.25) is 0 Å². The second kappa shape index (κ2) is 8.36. The van der Waals surface area contributed by atoms with Crippen LogP contribution in [0, 0.1) is 0 Å². The summed E-state index contributed by atoms with van der Waals surface area (Å²) in [6.07, 6.45) is 2.67. The lowest BCUT2D eigenvalue weighted by Gasteiger charge is -2.26. The number of hydrogen-bond acceptors (Lipinski definition) is 4. The fourth-order valence-corrected chi connectivity index (χ4v) is 4.98. The van der Waals surface area contributed by atoms with Crippen molar-refractivity contribution in [3.05, 3.63) is 101 Å². The van der Waals surface area contributed by atoms with Gasteiger partial charge in [0.15, 0.2) is 0 Å². The van der Waals surface area contributed by atoms with Gasteiger partial charge in [0.05, 0.1) is 18.8 Å². The van der Waals surface area contributed by atoms with Crippen molar-refractivity contribution in [3.8, 4) is 22.8 Å². The molecule has 3 heterocycles. The quantitative estimate of drug-likeness (QED) is 0.327. The number of carbonyl (C=O) groups excluding carboxylic acids is 1. The first-order valence-corrected chi connectivity index (χ1v) is 11.5. The SMILES string of the molecule is COc1ccc2[nH]cc(CCN3C(=O)c4[nH]nc(-c5ccccc5)c4C3c3ccc(O)cc3)c2c1. The molecule has 0 radical (unpaired) electrons. The van der Waals surface area contributed by atoms with Crippen molar-refractivity contribution in [2.24, 2.45) is 0 Å². The predicted molar refractivity (Wildman–Crippen MR) is 134 cm³/mol. The standard InChI is InChI=1S/C28H24N4O3/c1-35-21-11-12-23-22(15-21)19(16-29-23)13-14-32-27(18-7-9-20(33)10-8-18)24-25(17-5-3-2-4-6-17)30-31-26(24)28(32)34/h2-12,15-16,27,29,33H,13-14H2,1H3,(H,30,31). The summed E-state index contributed by atoms with van der Waals surface area (Å²) < 4.78 is 5.40. The van der Waals surface area contributed by atoms with Crippen molar-refractivity contribution in [3.63, 3.8) is 0 Å². The van der Waals surface area contributed by atoms with Crippen molar-refractivity contribution in [1.29, 1.82) is 0 Å². The molecular weight excluding hydrogens is 440 g/mol. The average molecular weight is 465 g/mol. The van der Waals surface area contributed by atoms with E-state index in [-0.39, 0.29) is 17.7 Å². The number of ether oxygens (including phenoxy) is 1. The van der Waals surface area contributed by atoms with Gasteiger partial charge >= 0.3 is 0 Å². The molecule has 5 aromatic rings. The zero-order valence-electron chi connectivity index (χ0n) is 19.2. The summed E-state index contributed by atoms with van der Waals surface area (Å²) in [5.41, 5.74) is 6.18. The lowest BCUT2D eigenvalue weighted by atomic mass is 9.96. The first kappa shape index (κ1) is 21.0. The van der Waals surface area contributed by atoms with Crippen LogP contribution in [0.2, 0.25) is 0 Å². The number of carbonyl (C=O) groups is 1. The number of aromatic nitrogens is 3. The van der Waals surface area contributed by atoms with Crippen LogP contribution in [0.25, 0.3) is 22.2 Å². The minimum atomic E-state index is -0.313. The van der Waals surface area contributed by atoms with E-state index in [0.717, 1.165) is 44.6 Å². The third kappa shape index (κ3) is 3.52. The van der Waals surface area contributed by atoms with Crippen LogP contribution in [-0.4, -0.2) is 44.7 Å². The summed E-state index contributed by atoms with van der Waals surface area (Å²) in [6.45, 7) is 0.519. The number of H-pyrrole nitrogens is 2. The van der Waals surface area contributed by atoms with Gasteiger partial charge in [-0.25, -0.2) is 0 Å². The summed E-state index contributed by atoms with van der Waals surface area (Å²) in [7, 11) is 1.66. The summed E-state index contributed by atoms with van der Waals surface area (Å²) in [6, 6.07) is 22.6. The minimum absolute atomic E-state index is 0.0785. The van der Waals surface area contributed by atoms with Gasteiger partial charge < -0.3 is 19.7 Å². The molecule has 1 aliphatic heterocycles. The summed E-state index contributed by atoms with van der Waals surface area (Å²) in [5, 5.41) is 18.5. The van der Waals surface area contributed by atoms with Crippen molar-refractivity contribution < 1.29 is 14.6 Å². The number of methoxy groups -OCH3 is 1. The van der Waals surface area contributed by atoms with Gasteiger partial charge in [-0.1, -0.05) is 42.5 Å². The van der Waals surface area contributed by atoms with Gasteiger partial charge in [0.1, 0.15) is 17.2 Å². The Labute approximate surface area is 202 Å². The van der Waals surface area contributed by atoms with Crippen LogP contribution in [-0.2, 0) is 6.42 Å². The van der Waals surface area contributed by atoms with E-state index in [4.69, 9.17) is 4.74 Å². The zero-order chi connectivity index (χ0) is 23.9. The highest BCUT2D eigenvalue weighted by Crippen LogP contribution is 2.43. The highest BCUT2D eigenvalue weighted by Gasteiger charge is 2.42. The van der Waals surface area contributed by atoms with E-state index >= 15 is 0 Å². The number of rotatable bonds is 6. The normalized spacial score (nSPS) is 15.1. The number of aromatic hydroxyl groups is 1. The van der Waals surface area contributed by atoms with E-state index in [2.05, 4.69) is 15.2 Å². The number of hydrogen-bond donors (Lipinski definition) is 3. The van der Waals surface area contributed by atoms with Crippen molar-refractivity contribution >= 4 is 16.8 Å². The first-order chi connectivity index (χ1) is 17.1. The Morgan fingerprint density at radius 2 is 1.86 bits per heavy atom. The van der Waals surface area contributed by atoms with Crippen LogP contribution >= 0.6 is 0 Å². The van der Waals surface area contributed by atoms with E-state index < -0.39 is 0 Å². The molecule has 35 heavy (non-hydrogen) atoms. The van der Waals surface area contributed by atoms with Gasteiger partial charge in [-0.3, -0.25) is 9.89 Å². The number of amides is 1. The number of nitrogens with zero attached hydrogens (tertiary/aromatic N) is 2. The smallest absolute Gasteiger partial charge is 0.273 e. The predicted octanol–water partition coefficient (Wildman–Crippen LogP) is 5.06. The average Bonchev–Trinajstić information content (AvgIpc) is 3.57. The fraction of sp³-hybridized carbons (Fsp3) is 0.143. The molecule has 0 saturated heterocycles. The lowest BCUT2D eigenvalue weighted by Crippen LogP contribution is -2.31. The number of phenolic OH excluding ortho intramolecular Hbond substituents is 1. The Morgan fingerprint density at radius 1 is 1.06 bits per heavy atom. The molecule has 6 rings (SSSR count). The van der Waals surface area contributed by atoms with Crippen molar-refractivity contribution in [2.45, 2.75) is 12.5 Å². The number of phenols is 1. The molecule has 7 heteroatoms. The molecule has 0 fully saturated rings. The fourth-order valence-electron chi connectivity index (χ4n) is 4.98. The molecule has 0 saturated carbocycles. The van der Waals surface area contributed by atoms with Crippen LogP contribution in [0.3, 0.4) is 0 Å². The van der Waals surface area contributed by atoms with E-state index in [9.17, 15) is 9.90 Å². The molecular formula is C28H24N4O3. The molecule has 1 atom stereocenters. The van der Waals surface area contributed by atoms with Crippen LogP contribution in [0.15, 0.2) is 79.0 Å². The van der Waals surface area contributed by atoms with Crippen LogP contribution < -0.4 is 4.74 Å². The number of fused-ring (bicyclic) bond motifs is 2. The molecule has 0 bridgehead atoms. The van der Waals surface area contributed by atoms with Gasteiger partial charge in [-0.05, 0) is 47.9 Å². The van der Waals surface area contributed by atoms with Gasteiger partial charge in [0.25, 0.3) is 5.91 Å². The third-order valence-corrected chi connectivity index (χ3v) is 6.72. The van der Waals surface area contributed by atoms with Crippen LogP contribution in [0.4, 0.5) is 0 Å². The van der Waals surface area contributed by atoms with Gasteiger partial charge in [-0.15, -0.1) is 0 Å². The number of benzene rings is 3. The Kier molecular flexibility index (Phi) is 5.03. The first-order valence-electron chi connectivity index (χ1n) is 11.5. The third-order valence-electron chi connectivity index (χ3n) is 6.72. The van der Waals surface area contributed by atoms with E-state index in [1.54, 1.807) is 19.2 Å². The molecule has 7 nitrogen and oxygen atoms in total. The second-order valence-electron chi connectivity index (χ2n) is 8.69. The van der Waals surface area contributed by atoms with E-state index in [1.807, 2.05) is 71.8 Å². The molecule has 3 aromatic carbocycles. The topological polar surface area (TPSA) is 94.2 Å². The monoisotopic (exact) mass is 464 g/mol.